The number of nitrogens with zero attached hydrogens (tertiary/aromatic N) is 2. The molecule has 2 saturated heterocycles. The number of hydrogen-bond donors (Lipinski definition) is 1. The minimum absolute atomic E-state index is 0. The number of hydrogen-bond acceptors (Lipinski definition) is 4. The molecule has 0 aromatic heterocycles. The van der Waals surface area contributed by atoms with Crippen LogP contribution in [0.3, 0.4) is 0 Å². The van der Waals surface area contributed by atoms with Gasteiger partial charge in [0.2, 0.25) is 15.9 Å². The number of likely N-dealkylation sites (tertiary alicyclic amines) is 1. The highest BCUT2D eigenvalue weighted by Gasteiger charge is 2.40. The zero-order valence-electron chi connectivity index (χ0n) is 14.1. The number of sulfonamides is 1. The molecule has 0 aromatic rings. The van der Waals surface area contributed by atoms with Crippen molar-refractivity contribution in [2.45, 2.75) is 50.4 Å². The molecule has 1 atom stereocenters. The normalized spacial score (nSPS) is 22.9. The molecule has 0 aliphatic carbocycles. The smallest absolute Gasteiger partial charge is 0.343 e. The van der Waals surface area contributed by atoms with Crippen LogP contribution in [0.1, 0.15) is 32.1 Å². The Kier molecular flexibility index (Phi) is 7.97. The number of rotatable bonds is 5. The predicted molar refractivity (Wildman–Crippen MR) is 90.1 cm³/mol. The van der Waals surface area contributed by atoms with Crippen molar-refractivity contribution in [1.82, 2.24) is 14.5 Å². The van der Waals surface area contributed by atoms with Crippen molar-refractivity contribution < 1.29 is 26.4 Å². The van der Waals surface area contributed by atoms with Gasteiger partial charge in [0.05, 0.1) is 6.26 Å². The van der Waals surface area contributed by atoms with Gasteiger partial charge in [-0.15, -0.1) is 12.4 Å². The van der Waals surface area contributed by atoms with Gasteiger partial charge in [-0.2, -0.15) is 17.5 Å². The summed E-state index contributed by atoms with van der Waals surface area (Å²) in [6, 6.07) is -0.539. The van der Waals surface area contributed by atoms with Crippen LogP contribution >= 0.6 is 12.4 Å². The van der Waals surface area contributed by atoms with E-state index in [1.807, 2.05) is 0 Å². The van der Waals surface area contributed by atoms with Crippen LogP contribution in [0, 0.1) is 0 Å². The van der Waals surface area contributed by atoms with Crippen LogP contribution < -0.4 is 5.32 Å². The number of nitrogens with one attached hydrogen (secondary N) is 1. The van der Waals surface area contributed by atoms with Crippen molar-refractivity contribution >= 4 is 28.3 Å². The van der Waals surface area contributed by atoms with Crippen LogP contribution in [-0.4, -0.2) is 74.2 Å². The molecule has 0 radical (unpaired) electrons. The molecule has 1 N–H and O–H groups in total. The standard InChI is InChI=1S/C14H24F3N3O3S.ClH/c1-24(22,23)20(10-14(15,16)17)12-4-7-19(8-5-12)13(21)9-11-3-2-6-18-11;/h11-12,18H,2-10H2,1H3;1H. The molecule has 25 heavy (non-hydrogen) atoms. The Balaban J connectivity index is 0.00000312. The second kappa shape index (κ2) is 8.88. The molecule has 1 unspecified atom stereocenters. The lowest BCUT2D eigenvalue weighted by atomic mass is 10.0. The average molecular weight is 408 g/mol. The minimum atomic E-state index is -4.58. The lowest BCUT2D eigenvalue weighted by molar-refractivity contribution is -0.143. The predicted octanol–water partition coefficient (Wildman–Crippen LogP) is 1.37. The van der Waals surface area contributed by atoms with Gasteiger partial charge in [0, 0.05) is 31.6 Å². The lowest BCUT2D eigenvalue weighted by Crippen LogP contribution is -2.51. The first-order valence-corrected chi connectivity index (χ1v) is 9.96. The average Bonchev–Trinajstić information content (AvgIpc) is 2.96. The van der Waals surface area contributed by atoms with E-state index in [0.29, 0.717) is 23.8 Å². The van der Waals surface area contributed by atoms with Crippen LogP contribution in [-0.2, 0) is 14.8 Å². The Morgan fingerprint density at radius 1 is 1.24 bits per heavy atom. The summed E-state index contributed by atoms with van der Waals surface area (Å²) < 4.78 is 61.8. The Morgan fingerprint density at radius 3 is 2.28 bits per heavy atom. The summed E-state index contributed by atoms with van der Waals surface area (Å²) in [6.45, 7) is 0.0113. The van der Waals surface area contributed by atoms with E-state index in [2.05, 4.69) is 5.32 Å². The third-order valence-corrected chi connectivity index (χ3v) is 5.85. The van der Waals surface area contributed by atoms with Crippen molar-refractivity contribution in [2.24, 2.45) is 0 Å². The van der Waals surface area contributed by atoms with Gasteiger partial charge in [-0.3, -0.25) is 4.79 Å². The van der Waals surface area contributed by atoms with Gasteiger partial charge in [-0.1, -0.05) is 0 Å². The first-order chi connectivity index (χ1) is 11.1. The zero-order valence-corrected chi connectivity index (χ0v) is 15.7. The lowest BCUT2D eigenvalue weighted by Gasteiger charge is -2.37. The van der Waals surface area contributed by atoms with Gasteiger partial charge in [-0.25, -0.2) is 8.42 Å². The molecule has 2 rings (SSSR count). The number of halogens is 4. The van der Waals surface area contributed by atoms with Crippen LogP contribution in [0.25, 0.3) is 0 Å². The quantitative estimate of drug-likeness (QED) is 0.747. The van der Waals surface area contributed by atoms with E-state index >= 15 is 0 Å². The molecular weight excluding hydrogens is 383 g/mol. The zero-order chi connectivity index (χ0) is 18.0. The van der Waals surface area contributed by atoms with Gasteiger partial charge in [0.25, 0.3) is 0 Å². The van der Waals surface area contributed by atoms with Crippen molar-refractivity contribution in [3.05, 3.63) is 0 Å². The maximum absolute atomic E-state index is 12.6. The van der Waals surface area contributed by atoms with Crippen molar-refractivity contribution in [3.63, 3.8) is 0 Å². The van der Waals surface area contributed by atoms with Crippen LogP contribution in [0.2, 0.25) is 0 Å². The molecule has 11 heteroatoms. The molecule has 0 spiro atoms. The fraction of sp³-hybridized carbons (Fsp3) is 0.929. The molecule has 0 saturated carbocycles. The van der Waals surface area contributed by atoms with E-state index in [9.17, 15) is 26.4 Å². The summed E-state index contributed by atoms with van der Waals surface area (Å²) in [5.41, 5.74) is 0. The van der Waals surface area contributed by atoms with E-state index in [1.165, 1.54) is 0 Å². The third-order valence-electron chi connectivity index (χ3n) is 4.57. The second-order valence-electron chi connectivity index (χ2n) is 6.53. The largest absolute Gasteiger partial charge is 0.402 e. The molecule has 2 fully saturated rings. The summed E-state index contributed by atoms with van der Waals surface area (Å²) in [5, 5.41) is 3.24. The Labute approximate surface area is 152 Å². The summed E-state index contributed by atoms with van der Waals surface area (Å²) in [5.74, 6) is -0.0189. The summed E-state index contributed by atoms with van der Waals surface area (Å²) in [4.78, 5) is 13.9. The highest BCUT2D eigenvalue weighted by atomic mass is 35.5. The highest BCUT2D eigenvalue weighted by Crippen LogP contribution is 2.25. The number of carbonyl (C=O) groups is 1. The summed E-state index contributed by atoms with van der Waals surface area (Å²) >= 11 is 0. The molecule has 2 aliphatic heterocycles. The van der Waals surface area contributed by atoms with Crippen LogP contribution in [0.5, 0.6) is 0 Å². The summed E-state index contributed by atoms with van der Waals surface area (Å²) in [6.07, 6.45) is -0.939. The number of piperidine rings is 1. The van der Waals surface area contributed by atoms with Crippen molar-refractivity contribution in [3.8, 4) is 0 Å². The van der Waals surface area contributed by atoms with E-state index < -0.39 is 28.8 Å². The molecule has 148 valence electrons. The minimum Gasteiger partial charge on any atom is -0.343 e. The number of carbonyl (C=O) groups excluding carboxylic acids is 1. The topological polar surface area (TPSA) is 69.7 Å². The van der Waals surface area contributed by atoms with Crippen molar-refractivity contribution in [2.75, 3.05) is 32.4 Å². The molecule has 1 amide bonds. The van der Waals surface area contributed by atoms with Crippen LogP contribution in [0.15, 0.2) is 0 Å². The molecule has 2 heterocycles. The third kappa shape index (κ3) is 6.92. The van der Waals surface area contributed by atoms with Gasteiger partial charge < -0.3 is 10.2 Å². The van der Waals surface area contributed by atoms with Gasteiger partial charge in [0.1, 0.15) is 6.54 Å². The molecular formula is C14H25ClF3N3O3S. The molecule has 0 aromatic carbocycles. The molecule has 6 nitrogen and oxygen atoms in total. The number of alkyl halides is 3. The summed E-state index contributed by atoms with van der Waals surface area (Å²) in [7, 11) is -3.95. The fourth-order valence-electron chi connectivity index (χ4n) is 3.37. The maximum Gasteiger partial charge on any atom is 0.402 e. The van der Waals surface area contributed by atoms with Gasteiger partial charge >= 0.3 is 6.18 Å². The first kappa shape index (κ1) is 22.5. The van der Waals surface area contributed by atoms with E-state index in [0.717, 1.165) is 25.6 Å². The molecule has 2 aliphatic rings. The SMILES string of the molecule is CS(=O)(=O)N(CC(F)(F)F)C1CCN(C(=O)CC2CCCN2)CC1.Cl. The van der Waals surface area contributed by atoms with E-state index in [-0.39, 0.29) is 37.2 Å². The van der Waals surface area contributed by atoms with Crippen molar-refractivity contribution in [1.29, 1.82) is 0 Å². The molecule has 0 bridgehead atoms. The van der Waals surface area contributed by atoms with Crippen LogP contribution in [0.4, 0.5) is 13.2 Å². The number of amides is 1. The Hall–Kier alpha value is -0.580. The second-order valence-corrected chi connectivity index (χ2v) is 8.47. The Morgan fingerprint density at radius 2 is 1.84 bits per heavy atom. The highest BCUT2D eigenvalue weighted by molar-refractivity contribution is 7.88. The Bertz CT molecular complexity index is 545. The van der Waals surface area contributed by atoms with Gasteiger partial charge in [0.15, 0.2) is 0 Å². The fourth-order valence-corrected chi connectivity index (χ4v) is 4.50. The van der Waals surface area contributed by atoms with E-state index in [4.69, 9.17) is 0 Å². The first-order valence-electron chi connectivity index (χ1n) is 8.11. The van der Waals surface area contributed by atoms with Gasteiger partial charge in [-0.05, 0) is 32.2 Å². The van der Waals surface area contributed by atoms with E-state index in [1.54, 1.807) is 4.90 Å². The monoisotopic (exact) mass is 407 g/mol. The maximum atomic E-state index is 12.6.